The molecular formula is C13H13N5O. The molecule has 1 unspecified atom stereocenters. The smallest absolute Gasteiger partial charge is 0.177 e. The fourth-order valence-electron chi connectivity index (χ4n) is 2.11. The van der Waals surface area contributed by atoms with E-state index in [0.717, 1.165) is 16.5 Å². The number of aliphatic hydroxyl groups excluding tert-OH is 1. The van der Waals surface area contributed by atoms with Gasteiger partial charge in [-0.1, -0.05) is 18.2 Å². The normalized spacial score (nSPS) is 12.7. The number of rotatable bonds is 3. The van der Waals surface area contributed by atoms with E-state index in [1.807, 2.05) is 30.3 Å². The largest absolute Gasteiger partial charge is 0.388 e. The van der Waals surface area contributed by atoms with E-state index in [1.54, 1.807) is 13.2 Å². The summed E-state index contributed by atoms with van der Waals surface area (Å²) < 4.78 is 0. The Labute approximate surface area is 109 Å². The lowest BCUT2D eigenvalue weighted by molar-refractivity contribution is 0.177. The lowest BCUT2D eigenvalue weighted by Gasteiger charge is -2.11. The average molecular weight is 255 g/mol. The summed E-state index contributed by atoms with van der Waals surface area (Å²) >= 11 is 0. The van der Waals surface area contributed by atoms with Crippen molar-refractivity contribution >= 4 is 10.9 Å². The van der Waals surface area contributed by atoms with Gasteiger partial charge in [-0.2, -0.15) is 4.80 Å². The molecule has 96 valence electrons. The SMILES string of the molecule is Cn1nnc(CC(O)c2cccc3ncccc23)n1. The van der Waals surface area contributed by atoms with Crippen molar-refractivity contribution in [3.05, 3.63) is 47.9 Å². The van der Waals surface area contributed by atoms with Crippen molar-refractivity contribution in [2.75, 3.05) is 0 Å². The minimum atomic E-state index is -0.669. The standard InChI is InChI=1S/C13H13N5O/c1-18-16-13(15-17-18)8-12(19)10-4-2-6-11-9(10)5-3-7-14-11/h2-7,12,19H,8H2,1H3. The Bertz CT molecular complexity index is 704. The summed E-state index contributed by atoms with van der Waals surface area (Å²) in [4.78, 5) is 5.66. The lowest BCUT2D eigenvalue weighted by Crippen LogP contribution is -2.05. The van der Waals surface area contributed by atoms with Crippen molar-refractivity contribution in [1.82, 2.24) is 25.2 Å². The molecule has 0 radical (unpaired) electrons. The highest BCUT2D eigenvalue weighted by Crippen LogP contribution is 2.24. The van der Waals surface area contributed by atoms with Gasteiger partial charge in [-0.15, -0.1) is 10.2 Å². The first-order valence-electron chi connectivity index (χ1n) is 5.98. The van der Waals surface area contributed by atoms with Gasteiger partial charge >= 0.3 is 0 Å². The Kier molecular flexibility index (Phi) is 2.92. The van der Waals surface area contributed by atoms with E-state index < -0.39 is 6.10 Å². The zero-order valence-electron chi connectivity index (χ0n) is 10.4. The Morgan fingerprint density at radius 1 is 1.26 bits per heavy atom. The van der Waals surface area contributed by atoms with Crippen molar-refractivity contribution in [2.45, 2.75) is 12.5 Å². The molecular weight excluding hydrogens is 242 g/mol. The molecule has 0 amide bonds. The van der Waals surface area contributed by atoms with Gasteiger partial charge < -0.3 is 5.11 Å². The number of aryl methyl sites for hydroxylation is 1. The monoisotopic (exact) mass is 255 g/mol. The minimum absolute atomic E-state index is 0.335. The molecule has 0 fully saturated rings. The quantitative estimate of drug-likeness (QED) is 0.756. The Hall–Kier alpha value is -2.34. The minimum Gasteiger partial charge on any atom is -0.388 e. The first-order chi connectivity index (χ1) is 9.24. The summed E-state index contributed by atoms with van der Waals surface area (Å²) in [6, 6.07) is 9.51. The molecule has 2 aromatic heterocycles. The Morgan fingerprint density at radius 2 is 2.16 bits per heavy atom. The van der Waals surface area contributed by atoms with E-state index in [1.165, 1.54) is 4.80 Å². The van der Waals surface area contributed by atoms with Crippen LogP contribution in [-0.4, -0.2) is 30.3 Å². The maximum atomic E-state index is 10.3. The van der Waals surface area contributed by atoms with E-state index >= 15 is 0 Å². The van der Waals surface area contributed by atoms with Gasteiger partial charge in [0.25, 0.3) is 0 Å². The predicted octanol–water partition coefficient (Wildman–Crippen LogP) is 1.03. The van der Waals surface area contributed by atoms with Crippen LogP contribution >= 0.6 is 0 Å². The van der Waals surface area contributed by atoms with Crippen LogP contribution < -0.4 is 0 Å². The summed E-state index contributed by atoms with van der Waals surface area (Å²) in [7, 11) is 1.70. The fraction of sp³-hybridized carbons (Fsp3) is 0.231. The molecule has 0 aliphatic heterocycles. The van der Waals surface area contributed by atoms with Crippen molar-refractivity contribution in [3.8, 4) is 0 Å². The molecule has 6 heteroatoms. The second-order valence-corrected chi connectivity index (χ2v) is 4.33. The number of aliphatic hydroxyl groups is 1. The van der Waals surface area contributed by atoms with E-state index in [0.29, 0.717) is 12.2 Å². The van der Waals surface area contributed by atoms with Gasteiger partial charge in [-0.25, -0.2) is 0 Å². The molecule has 2 heterocycles. The summed E-state index contributed by atoms with van der Waals surface area (Å²) in [5, 5.41) is 23.0. The average Bonchev–Trinajstić information content (AvgIpc) is 2.83. The van der Waals surface area contributed by atoms with Crippen LogP contribution in [0.1, 0.15) is 17.5 Å². The number of hydrogen-bond donors (Lipinski definition) is 1. The molecule has 6 nitrogen and oxygen atoms in total. The highest BCUT2D eigenvalue weighted by Gasteiger charge is 2.14. The highest BCUT2D eigenvalue weighted by molar-refractivity contribution is 5.82. The van der Waals surface area contributed by atoms with Crippen LogP contribution in [0.5, 0.6) is 0 Å². The topological polar surface area (TPSA) is 76.7 Å². The van der Waals surface area contributed by atoms with Gasteiger partial charge in [0.2, 0.25) is 0 Å². The Morgan fingerprint density at radius 3 is 2.95 bits per heavy atom. The van der Waals surface area contributed by atoms with Gasteiger partial charge in [0, 0.05) is 18.0 Å². The number of tetrazole rings is 1. The molecule has 0 aliphatic rings. The van der Waals surface area contributed by atoms with Gasteiger partial charge in [0.15, 0.2) is 5.82 Å². The second kappa shape index (κ2) is 4.74. The molecule has 1 aromatic carbocycles. The van der Waals surface area contributed by atoms with E-state index in [9.17, 15) is 5.11 Å². The molecule has 1 N–H and O–H groups in total. The molecule has 0 saturated heterocycles. The fourth-order valence-corrected chi connectivity index (χ4v) is 2.11. The Balaban J connectivity index is 1.95. The first-order valence-corrected chi connectivity index (χ1v) is 5.98. The van der Waals surface area contributed by atoms with Crippen LogP contribution in [0.3, 0.4) is 0 Å². The van der Waals surface area contributed by atoms with E-state index in [2.05, 4.69) is 20.4 Å². The molecule has 0 saturated carbocycles. The van der Waals surface area contributed by atoms with Crippen LogP contribution in [-0.2, 0) is 13.5 Å². The van der Waals surface area contributed by atoms with Gasteiger partial charge in [-0.3, -0.25) is 4.98 Å². The van der Waals surface area contributed by atoms with Crippen molar-refractivity contribution in [2.24, 2.45) is 7.05 Å². The van der Waals surface area contributed by atoms with Gasteiger partial charge in [0.05, 0.1) is 18.7 Å². The zero-order chi connectivity index (χ0) is 13.2. The predicted molar refractivity (Wildman–Crippen MR) is 69.2 cm³/mol. The van der Waals surface area contributed by atoms with Crippen molar-refractivity contribution in [3.63, 3.8) is 0 Å². The van der Waals surface area contributed by atoms with E-state index in [-0.39, 0.29) is 0 Å². The molecule has 19 heavy (non-hydrogen) atoms. The van der Waals surface area contributed by atoms with Gasteiger partial charge in [0.1, 0.15) is 0 Å². The summed E-state index contributed by atoms with van der Waals surface area (Å²) in [5.74, 6) is 0.524. The van der Waals surface area contributed by atoms with Crippen molar-refractivity contribution in [1.29, 1.82) is 0 Å². The molecule has 3 aromatic rings. The molecule has 0 bridgehead atoms. The second-order valence-electron chi connectivity index (χ2n) is 4.33. The number of fused-ring (bicyclic) bond motifs is 1. The first kappa shape index (κ1) is 11.7. The number of nitrogens with zero attached hydrogens (tertiary/aromatic N) is 5. The third kappa shape index (κ3) is 2.30. The summed E-state index contributed by atoms with van der Waals surface area (Å²) in [5.41, 5.74) is 1.70. The van der Waals surface area contributed by atoms with Crippen LogP contribution in [0.25, 0.3) is 10.9 Å². The summed E-state index contributed by atoms with van der Waals surface area (Å²) in [6.07, 6.45) is 1.40. The van der Waals surface area contributed by atoms with Gasteiger partial charge in [-0.05, 0) is 22.9 Å². The molecule has 0 aliphatic carbocycles. The zero-order valence-corrected chi connectivity index (χ0v) is 10.4. The molecule has 0 spiro atoms. The maximum Gasteiger partial charge on any atom is 0.177 e. The third-order valence-corrected chi connectivity index (χ3v) is 2.96. The number of aromatic nitrogens is 5. The highest BCUT2D eigenvalue weighted by atomic mass is 16.3. The van der Waals surface area contributed by atoms with Crippen LogP contribution in [0.4, 0.5) is 0 Å². The number of benzene rings is 1. The molecule has 3 rings (SSSR count). The van der Waals surface area contributed by atoms with E-state index in [4.69, 9.17) is 0 Å². The van der Waals surface area contributed by atoms with Crippen LogP contribution in [0, 0.1) is 0 Å². The maximum absolute atomic E-state index is 10.3. The third-order valence-electron chi connectivity index (χ3n) is 2.96. The number of pyridine rings is 1. The van der Waals surface area contributed by atoms with Crippen LogP contribution in [0.15, 0.2) is 36.5 Å². The molecule has 1 atom stereocenters. The number of hydrogen-bond acceptors (Lipinski definition) is 5. The van der Waals surface area contributed by atoms with Crippen molar-refractivity contribution < 1.29 is 5.11 Å². The summed E-state index contributed by atoms with van der Waals surface area (Å²) in [6.45, 7) is 0. The lowest BCUT2D eigenvalue weighted by atomic mass is 10.0. The van der Waals surface area contributed by atoms with Crippen LogP contribution in [0.2, 0.25) is 0 Å².